The maximum absolute atomic E-state index is 12.1. The zero-order valence-electron chi connectivity index (χ0n) is 11.1. The first-order valence-electron chi connectivity index (χ1n) is 5.99. The van der Waals surface area contributed by atoms with Crippen LogP contribution in [0.1, 0.15) is 12.5 Å². The molecule has 0 radical (unpaired) electrons. The van der Waals surface area contributed by atoms with Gasteiger partial charge >= 0.3 is 0 Å². The number of benzene rings is 1. The van der Waals surface area contributed by atoms with Crippen molar-refractivity contribution in [1.82, 2.24) is 0 Å². The number of ether oxygens (including phenoxy) is 2. The second-order valence-electron chi connectivity index (χ2n) is 4.30. The van der Waals surface area contributed by atoms with E-state index >= 15 is 0 Å². The van der Waals surface area contributed by atoms with E-state index in [1.807, 2.05) is 30.3 Å². The molecule has 4 heteroatoms. The number of nitrogens with two attached hydrogens (primary N) is 1. The van der Waals surface area contributed by atoms with Crippen molar-refractivity contribution < 1.29 is 14.3 Å². The molecular formula is C14H21NO3. The molecule has 100 valence electrons. The Morgan fingerprint density at radius 2 is 1.83 bits per heavy atom. The minimum absolute atomic E-state index is 0.129. The van der Waals surface area contributed by atoms with Crippen LogP contribution in [-0.2, 0) is 20.7 Å². The van der Waals surface area contributed by atoms with E-state index < -0.39 is 12.1 Å². The number of rotatable bonds is 7. The molecule has 0 heterocycles. The average molecular weight is 251 g/mol. The molecule has 0 bridgehead atoms. The number of ketones is 1. The monoisotopic (exact) mass is 251 g/mol. The molecule has 0 fully saturated rings. The standard InChI is InChI=1S/C14H21NO3/c1-10(17-2)14(18-3)13(16)12(15)9-11-7-5-4-6-8-11/h4-8,10,12,14H,9,15H2,1-3H3/t10?,12-,14?/m0/s1. The fraction of sp³-hybridized carbons (Fsp3) is 0.500. The lowest BCUT2D eigenvalue weighted by Gasteiger charge is -2.23. The molecule has 1 aromatic rings. The van der Waals surface area contributed by atoms with Crippen molar-refractivity contribution in [2.45, 2.75) is 31.6 Å². The number of carbonyl (C=O) groups is 1. The number of hydrogen-bond acceptors (Lipinski definition) is 4. The molecule has 1 rings (SSSR count). The molecular weight excluding hydrogens is 230 g/mol. The predicted molar refractivity (Wildman–Crippen MR) is 70.4 cm³/mol. The van der Waals surface area contributed by atoms with E-state index in [2.05, 4.69) is 0 Å². The minimum Gasteiger partial charge on any atom is -0.379 e. The van der Waals surface area contributed by atoms with Gasteiger partial charge < -0.3 is 15.2 Å². The van der Waals surface area contributed by atoms with Crippen molar-refractivity contribution in [2.24, 2.45) is 5.73 Å². The minimum atomic E-state index is -0.617. The molecule has 18 heavy (non-hydrogen) atoms. The molecule has 0 saturated carbocycles. The highest BCUT2D eigenvalue weighted by molar-refractivity contribution is 5.88. The Hall–Kier alpha value is -1.23. The first-order valence-corrected chi connectivity index (χ1v) is 5.99. The molecule has 0 aliphatic carbocycles. The van der Waals surface area contributed by atoms with Gasteiger partial charge in [-0.2, -0.15) is 0 Å². The fourth-order valence-electron chi connectivity index (χ4n) is 1.84. The summed E-state index contributed by atoms with van der Waals surface area (Å²) in [4.78, 5) is 12.1. The van der Waals surface area contributed by atoms with Crippen LogP contribution in [0.4, 0.5) is 0 Å². The second-order valence-corrected chi connectivity index (χ2v) is 4.30. The summed E-state index contributed by atoms with van der Waals surface area (Å²) >= 11 is 0. The van der Waals surface area contributed by atoms with Crippen LogP contribution in [0.3, 0.4) is 0 Å². The van der Waals surface area contributed by atoms with Gasteiger partial charge in [0, 0.05) is 14.2 Å². The lowest BCUT2D eigenvalue weighted by molar-refractivity contribution is -0.137. The SMILES string of the molecule is COC(C)C(OC)C(=O)[C@@H](N)Cc1ccccc1. The van der Waals surface area contributed by atoms with E-state index in [1.54, 1.807) is 14.0 Å². The van der Waals surface area contributed by atoms with E-state index in [0.717, 1.165) is 5.56 Å². The normalized spacial score (nSPS) is 16.0. The van der Waals surface area contributed by atoms with Crippen molar-refractivity contribution >= 4 is 5.78 Å². The Balaban J connectivity index is 2.65. The summed E-state index contributed by atoms with van der Waals surface area (Å²) in [6.07, 6.45) is -0.409. The molecule has 0 aromatic heterocycles. The molecule has 0 amide bonds. The summed E-state index contributed by atoms with van der Waals surface area (Å²) in [7, 11) is 3.04. The van der Waals surface area contributed by atoms with E-state index in [-0.39, 0.29) is 11.9 Å². The van der Waals surface area contributed by atoms with Gasteiger partial charge in [0.05, 0.1) is 12.1 Å². The zero-order chi connectivity index (χ0) is 13.5. The van der Waals surface area contributed by atoms with Crippen LogP contribution < -0.4 is 5.73 Å². The maximum atomic E-state index is 12.1. The Morgan fingerprint density at radius 1 is 1.22 bits per heavy atom. The third-order valence-corrected chi connectivity index (χ3v) is 3.00. The van der Waals surface area contributed by atoms with Crippen LogP contribution >= 0.6 is 0 Å². The molecule has 1 aromatic carbocycles. The molecule has 2 unspecified atom stereocenters. The summed E-state index contributed by atoms with van der Waals surface area (Å²) in [5, 5.41) is 0. The van der Waals surface area contributed by atoms with Gasteiger partial charge in [0.25, 0.3) is 0 Å². The summed E-state index contributed by atoms with van der Waals surface area (Å²) in [6.45, 7) is 1.79. The quantitative estimate of drug-likeness (QED) is 0.790. The Bertz CT molecular complexity index is 367. The van der Waals surface area contributed by atoms with Gasteiger partial charge in [-0.05, 0) is 18.9 Å². The number of carbonyl (C=O) groups excluding carboxylic acids is 1. The van der Waals surface area contributed by atoms with Crippen LogP contribution in [0.15, 0.2) is 30.3 Å². The zero-order valence-corrected chi connectivity index (χ0v) is 11.1. The third kappa shape index (κ3) is 3.91. The van der Waals surface area contributed by atoms with E-state index in [9.17, 15) is 4.79 Å². The van der Waals surface area contributed by atoms with Gasteiger partial charge in [0.2, 0.25) is 0 Å². The lowest BCUT2D eigenvalue weighted by Crippen LogP contribution is -2.46. The van der Waals surface area contributed by atoms with Gasteiger partial charge in [-0.3, -0.25) is 4.79 Å². The van der Waals surface area contributed by atoms with Gasteiger partial charge in [-0.1, -0.05) is 30.3 Å². The fourth-order valence-corrected chi connectivity index (χ4v) is 1.84. The van der Waals surface area contributed by atoms with Crippen molar-refractivity contribution in [3.05, 3.63) is 35.9 Å². The highest BCUT2D eigenvalue weighted by Crippen LogP contribution is 2.09. The number of Topliss-reactive ketones (excluding diaryl/α,β-unsaturated/α-hetero) is 1. The van der Waals surface area contributed by atoms with Crippen LogP contribution in [0.2, 0.25) is 0 Å². The maximum Gasteiger partial charge on any atom is 0.181 e. The van der Waals surface area contributed by atoms with Crippen LogP contribution in [0.5, 0.6) is 0 Å². The van der Waals surface area contributed by atoms with E-state index in [4.69, 9.17) is 15.2 Å². The Morgan fingerprint density at radius 3 is 2.33 bits per heavy atom. The molecule has 0 aliphatic rings. The summed E-state index contributed by atoms with van der Waals surface area (Å²) in [5.41, 5.74) is 6.97. The Kier molecular flexibility index (Phi) is 5.98. The first-order chi connectivity index (χ1) is 8.60. The van der Waals surface area contributed by atoms with Gasteiger partial charge in [-0.25, -0.2) is 0 Å². The third-order valence-electron chi connectivity index (χ3n) is 3.00. The second kappa shape index (κ2) is 7.26. The summed E-state index contributed by atoms with van der Waals surface area (Å²) in [5.74, 6) is -0.129. The van der Waals surface area contributed by atoms with Crippen LogP contribution in [-0.4, -0.2) is 38.3 Å². The topological polar surface area (TPSA) is 61.5 Å². The molecule has 3 atom stereocenters. The van der Waals surface area contributed by atoms with Gasteiger partial charge in [0.1, 0.15) is 6.10 Å². The largest absolute Gasteiger partial charge is 0.379 e. The number of hydrogen-bond donors (Lipinski definition) is 1. The number of methoxy groups -OCH3 is 2. The van der Waals surface area contributed by atoms with E-state index in [0.29, 0.717) is 6.42 Å². The van der Waals surface area contributed by atoms with Crippen molar-refractivity contribution in [1.29, 1.82) is 0 Å². The van der Waals surface area contributed by atoms with Gasteiger partial charge in [-0.15, -0.1) is 0 Å². The molecule has 2 N–H and O–H groups in total. The van der Waals surface area contributed by atoms with E-state index in [1.165, 1.54) is 7.11 Å². The van der Waals surface area contributed by atoms with Crippen molar-refractivity contribution in [2.75, 3.05) is 14.2 Å². The highest BCUT2D eigenvalue weighted by atomic mass is 16.5. The van der Waals surface area contributed by atoms with Crippen molar-refractivity contribution in [3.63, 3.8) is 0 Å². The smallest absolute Gasteiger partial charge is 0.181 e. The predicted octanol–water partition coefficient (Wildman–Crippen LogP) is 1.18. The molecule has 0 saturated heterocycles. The average Bonchev–Trinajstić information content (AvgIpc) is 2.40. The molecule has 0 aliphatic heterocycles. The van der Waals surface area contributed by atoms with Crippen LogP contribution in [0.25, 0.3) is 0 Å². The first kappa shape index (κ1) is 14.8. The molecule has 0 spiro atoms. The van der Waals surface area contributed by atoms with Crippen LogP contribution in [0, 0.1) is 0 Å². The highest BCUT2D eigenvalue weighted by Gasteiger charge is 2.29. The lowest BCUT2D eigenvalue weighted by atomic mass is 9.98. The summed E-state index contributed by atoms with van der Waals surface area (Å²) in [6, 6.07) is 9.12. The summed E-state index contributed by atoms with van der Waals surface area (Å²) < 4.78 is 10.3. The molecule has 4 nitrogen and oxygen atoms in total. The Labute approximate surface area is 108 Å². The van der Waals surface area contributed by atoms with Gasteiger partial charge in [0.15, 0.2) is 5.78 Å². The van der Waals surface area contributed by atoms with Crippen molar-refractivity contribution in [3.8, 4) is 0 Å².